The number of carbonyl (C=O) groups is 1. The maximum atomic E-state index is 12.1. The van der Waals surface area contributed by atoms with Crippen LogP contribution in [0, 0.1) is 0 Å². The number of hydrogen-bond acceptors (Lipinski definition) is 4. The predicted molar refractivity (Wildman–Crippen MR) is 93.0 cm³/mol. The number of thioether (sulfide) groups is 1. The van der Waals surface area contributed by atoms with Crippen molar-refractivity contribution in [3.05, 3.63) is 46.9 Å². The van der Waals surface area contributed by atoms with Gasteiger partial charge in [0.2, 0.25) is 5.91 Å². The van der Waals surface area contributed by atoms with Crippen molar-refractivity contribution < 1.29 is 14.3 Å². The fourth-order valence-electron chi connectivity index (χ4n) is 1.80. The standard InChI is InChI=1S/C16H16BrNO3S/c1-20-11-7-8-14(21-2)13(9-11)18-16(19)10-22-15-6-4-3-5-12(15)17/h3-9H,10H2,1-2H3,(H,18,19). The van der Waals surface area contributed by atoms with Gasteiger partial charge in [-0.15, -0.1) is 11.8 Å². The number of anilines is 1. The van der Waals surface area contributed by atoms with Crippen molar-refractivity contribution >= 4 is 39.3 Å². The molecule has 1 amide bonds. The maximum Gasteiger partial charge on any atom is 0.234 e. The van der Waals surface area contributed by atoms with Crippen molar-refractivity contribution in [2.75, 3.05) is 25.3 Å². The highest BCUT2D eigenvalue weighted by molar-refractivity contribution is 9.10. The van der Waals surface area contributed by atoms with Crippen molar-refractivity contribution in [2.24, 2.45) is 0 Å². The van der Waals surface area contributed by atoms with E-state index < -0.39 is 0 Å². The Morgan fingerprint density at radius 1 is 1.18 bits per heavy atom. The van der Waals surface area contributed by atoms with Gasteiger partial charge in [0, 0.05) is 15.4 Å². The Bertz CT molecular complexity index is 664. The van der Waals surface area contributed by atoms with E-state index in [0.29, 0.717) is 22.9 Å². The van der Waals surface area contributed by atoms with Gasteiger partial charge in [-0.2, -0.15) is 0 Å². The molecule has 6 heteroatoms. The zero-order valence-electron chi connectivity index (χ0n) is 12.3. The van der Waals surface area contributed by atoms with Crippen molar-refractivity contribution in [3.8, 4) is 11.5 Å². The third kappa shape index (κ3) is 4.42. The number of hydrogen-bond donors (Lipinski definition) is 1. The lowest BCUT2D eigenvalue weighted by atomic mass is 10.2. The van der Waals surface area contributed by atoms with Crippen LogP contribution in [0.3, 0.4) is 0 Å². The van der Waals surface area contributed by atoms with E-state index >= 15 is 0 Å². The lowest BCUT2D eigenvalue weighted by Crippen LogP contribution is -2.14. The first-order valence-electron chi connectivity index (χ1n) is 6.53. The summed E-state index contributed by atoms with van der Waals surface area (Å²) in [5.41, 5.74) is 0.597. The summed E-state index contributed by atoms with van der Waals surface area (Å²) < 4.78 is 11.4. The second kappa shape index (κ2) is 8.10. The van der Waals surface area contributed by atoms with E-state index in [2.05, 4.69) is 21.2 Å². The van der Waals surface area contributed by atoms with Crippen molar-refractivity contribution in [2.45, 2.75) is 4.90 Å². The number of nitrogens with one attached hydrogen (secondary N) is 1. The predicted octanol–water partition coefficient (Wildman–Crippen LogP) is 4.20. The maximum absolute atomic E-state index is 12.1. The van der Waals surface area contributed by atoms with E-state index in [1.807, 2.05) is 24.3 Å². The Morgan fingerprint density at radius 3 is 2.64 bits per heavy atom. The third-order valence-electron chi connectivity index (χ3n) is 2.88. The molecule has 0 bridgehead atoms. The SMILES string of the molecule is COc1ccc(OC)c(NC(=O)CSc2ccccc2Br)c1. The third-order valence-corrected chi connectivity index (χ3v) is 4.90. The lowest BCUT2D eigenvalue weighted by Gasteiger charge is -2.11. The van der Waals surface area contributed by atoms with Gasteiger partial charge in [-0.3, -0.25) is 4.79 Å². The van der Waals surface area contributed by atoms with Gasteiger partial charge in [-0.05, 0) is 40.2 Å². The average molecular weight is 382 g/mol. The van der Waals surface area contributed by atoms with Crippen LogP contribution >= 0.6 is 27.7 Å². The van der Waals surface area contributed by atoms with Crippen LogP contribution in [0.1, 0.15) is 0 Å². The minimum Gasteiger partial charge on any atom is -0.497 e. The molecule has 0 unspecified atom stereocenters. The van der Waals surface area contributed by atoms with Crippen LogP contribution in [0.25, 0.3) is 0 Å². The molecule has 2 aromatic rings. The Morgan fingerprint density at radius 2 is 1.95 bits per heavy atom. The molecule has 0 radical (unpaired) electrons. The van der Waals surface area contributed by atoms with E-state index in [-0.39, 0.29) is 5.91 Å². The molecule has 0 saturated carbocycles. The van der Waals surface area contributed by atoms with E-state index in [4.69, 9.17) is 9.47 Å². The summed E-state index contributed by atoms with van der Waals surface area (Å²) in [4.78, 5) is 13.1. The first-order valence-corrected chi connectivity index (χ1v) is 8.31. The molecular weight excluding hydrogens is 366 g/mol. The Hall–Kier alpha value is -1.66. The van der Waals surface area contributed by atoms with Crippen LogP contribution < -0.4 is 14.8 Å². The second-order valence-corrected chi connectivity index (χ2v) is 6.21. The van der Waals surface area contributed by atoms with Gasteiger partial charge < -0.3 is 14.8 Å². The summed E-state index contributed by atoms with van der Waals surface area (Å²) in [6.07, 6.45) is 0. The van der Waals surface area contributed by atoms with Crippen molar-refractivity contribution in [3.63, 3.8) is 0 Å². The molecule has 0 aliphatic heterocycles. The van der Waals surface area contributed by atoms with Gasteiger partial charge in [-0.25, -0.2) is 0 Å². The molecule has 116 valence electrons. The van der Waals surface area contributed by atoms with E-state index in [1.165, 1.54) is 11.8 Å². The quantitative estimate of drug-likeness (QED) is 0.761. The van der Waals surface area contributed by atoms with Crippen LogP contribution in [0.4, 0.5) is 5.69 Å². The average Bonchev–Trinajstić information content (AvgIpc) is 2.54. The Kier molecular flexibility index (Phi) is 6.15. The molecule has 0 aliphatic rings. The first kappa shape index (κ1) is 16.7. The molecule has 0 fully saturated rings. The summed E-state index contributed by atoms with van der Waals surface area (Å²) in [7, 11) is 3.14. The molecule has 0 heterocycles. The highest BCUT2D eigenvalue weighted by Crippen LogP contribution is 2.30. The molecule has 0 atom stereocenters. The molecular formula is C16H16BrNO3S. The molecule has 0 spiro atoms. The van der Waals surface area contributed by atoms with Crippen molar-refractivity contribution in [1.29, 1.82) is 0 Å². The summed E-state index contributed by atoms with van der Waals surface area (Å²) in [5.74, 6) is 1.46. The van der Waals surface area contributed by atoms with Gasteiger partial charge in [0.1, 0.15) is 11.5 Å². The van der Waals surface area contributed by atoms with Gasteiger partial charge in [0.05, 0.1) is 25.7 Å². The molecule has 4 nitrogen and oxygen atoms in total. The molecule has 0 saturated heterocycles. The van der Waals surface area contributed by atoms with Gasteiger partial charge in [-0.1, -0.05) is 12.1 Å². The second-order valence-electron chi connectivity index (χ2n) is 4.33. The number of ether oxygens (including phenoxy) is 2. The van der Waals surface area contributed by atoms with Crippen LogP contribution in [0.15, 0.2) is 51.8 Å². The molecule has 22 heavy (non-hydrogen) atoms. The summed E-state index contributed by atoms with van der Waals surface area (Å²) in [5, 5.41) is 2.85. The topological polar surface area (TPSA) is 47.6 Å². The Labute approximate surface area is 142 Å². The van der Waals surface area contributed by atoms with Gasteiger partial charge >= 0.3 is 0 Å². The summed E-state index contributed by atoms with van der Waals surface area (Å²) >= 11 is 4.93. The lowest BCUT2D eigenvalue weighted by molar-refractivity contribution is -0.113. The molecule has 0 aliphatic carbocycles. The number of rotatable bonds is 6. The fourth-order valence-corrected chi connectivity index (χ4v) is 3.17. The number of amides is 1. The van der Waals surface area contributed by atoms with Crippen molar-refractivity contribution in [1.82, 2.24) is 0 Å². The monoisotopic (exact) mass is 381 g/mol. The fraction of sp³-hybridized carbons (Fsp3) is 0.188. The first-order chi connectivity index (χ1) is 10.6. The van der Waals surface area contributed by atoms with E-state index in [0.717, 1.165) is 9.37 Å². The largest absolute Gasteiger partial charge is 0.497 e. The minimum atomic E-state index is -0.104. The zero-order valence-corrected chi connectivity index (χ0v) is 14.7. The van der Waals surface area contributed by atoms with E-state index in [9.17, 15) is 4.79 Å². The van der Waals surface area contributed by atoms with Crippen LogP contribution in [-0.4, -0.2) is 25.9 Å². The summed E-state index contributed by atoms with van der Waals surface area (Å²) in [6, 6.07) is 13.1. The Balaban J connectivity index is 2.01. The molecule has 1 N–H and O–H groups in total. The number of carbonyl (C=O) groups excluding carboxylic acids is 1. The van der Waals surface area contributed by atoms with Gasteiger partial charge in [0.25, 0.3) is 0 Å². The van der Waals surface area contributed by atoms with Crippen LogP contribution in [-0.2, 0) is 4.79 Å². The van der Waals surface area contributed by atoms with E-state index in [1.54, 1.807) is 32.4 Å². The molecule has 0 aromatic heterocycles. The molecule has 2 aromatic carbocycles. The number of benzene rings is 2. The summed E-state index contributed by atoms with van der Waals surface area (Å²) in [6.45, 7) is 0. The highest BCUT2D eigenvalue weighted by atomic mass is 79.9. The number of methoxy groups -OCH3 is 2. The normalized spacial score (nSPS) is 10.1. The van der Waals surface area contributed by atoms with Crippen LogP contribution in [0.5, 0.6) is 11.5 Å². The smallest absolute Gasteiger partial charge is 0.234 e. The zero-order chi connectivity index (χ0) is 15.9. The van der Waals surface area contributed by atoms with Gasteiger partial charge in [0.15, 0.2) is 0 Å². The molecule has 2 rings (SSSR count). The highest BCUT2D eigenvalue weighted by Gasteiger charge is 2.10. The minimum absolute atomic E-state index is 0.104. The number of halogens is 1. The van der Waals surface area contributed by atoms with Crippen LogP contribution in [0.2, 0.25) is 0 Å².